The molecule has 5 nitrogen and oxygen atoms in total. The Hall–Kier alpha value is -3.69. The predicted molar refractivity (Wildman–Crippen MR) is 150 cm³/mol. The van der Waals surface area contributed by atoms with Crippen molar-refractivity contribution in [3.8, 4) is 16.8 Å². The first-order chi connectivity index (χ1) is 18.0. The normalized spacial score (nSPS) is 12.3. The fourth-order valence-electron chi connectivity index (χ4n) is 4.24. The summed E-state index contributed by atoms with van der Waals surface area (Å²) in [6.07, 6.45) is -0.189. The van der Waals surface area contributed by atoms with Crippen LogP contribution in [0.2, 0.25) is 0 Å². The van der Waals surface area contributed by atoms with Crippen molar-refractivity contribution >= 4 is 23.1 Å². The summed E-state index contributed by atoms with van der Waals surface area (Å²) in [7, 11) is 0. The Morgan fingerprint density at radius 2 is 1.71 bits per heavy atom. The summed E-state index contributed by atoms with van der Waals surface area (Å²) < 4.78 is 41.8. The van der Waals surface area contributed by atoms with E-state index < -0.39 is 11.9 Å². The van der Waals surface area contributed by atoms with Crippen molar-refractivity contribution in [1.82, 2.24) is 9.55 Å². The molecule has 3 aromatic carbocycles. The molecule has 0 saturated carbocycles. The van der Waals surface area contributed by atoms with Crippen molar-refractivity contribution in [3.63, 3.8) is 0 Å². The molecule has 0 bridgehead atoms. The third-order valence-electron chi connectivity index (χ3n) is 6.36. The molecule has 0 amide bonds. The number of hydrogen-bond donors (Lipinski definition) is 2. The second-order valence-corrected chi connectivity index (χ2v) is 10.1. The summed E-state index contributed by atoms with van der Waals surface area (Å²) in [6.45, 7) is 5.74. The summed E-state index contributed by atoms with van der Waals surface area (Å²) in [5.74, 6) is 7.23. The molecule has 0 saturated heterocycles. The minimum absolute atomic E-state index is 0.184. The molecule has 4 N–H and O–H groups in total. The summed E-state index contributed by atoms with van der Waals surface area (Å²) >= 11 is 1.62. The van der Waals surface area contributed by atoms with Gasteiger partial charge in [0.15, 0.2) is 5.69 Å². The average Bonchev–Trinajstić information content (AvgIpc) is 3.31. The van der Waals surface area contributed by atoms with Crippen LogP contribution in [0.5, 0.6) is 0 Å². The third kappa shape index (κ3) is 5.58. The van der Waals surface area contributed by atoms with E-state index >= 15 is 0 Å². The van der Waals surface area contributed by atoms with E-state index in [9.17, 15) is 13.2 Å². The Kier molecular flexibility index (Phi) is 7.89. The molecular formula is C29H30F3N5S. The first-order valence-electron chi connectivity index (χ1n) is 12.0. The van der Waals surface area contributed by atoms with Crippen LogP contribution in [0.25, 0.3) is 22.5 Å². The van der Waals surface area contributed by atoms with Gasteiger partial charge in [-0.3, -0.25) is 5.01 Å². The molecule has 0 spiro atoms. The minimum Gasteiger partial charge on any atom is -0.403 e. The molecule has 0 aliphatic rings. The number of thioether (sulfide) groups is 1. The van der Waals surface area contributed by atoms with E-state index in [4.69, 9.17) is 11.6 Å². The summed E-state index contributed by atoms with van der Waals surface area (Å²) in [5, 5.41) is 1.41. The van der Waals surface area contributed by atoms with E-state index in [1.54, 1.807) is 17.8 Å². The van der Waals surface area contributed by atoms with E-state index in [0.29, 0.717) is 23.0 Å². The predicted octanol–water partition coefficient (Wildman–Crippen LogP) is 7.35. The van der Waals surface area contributed by atoms with Gasteiger partial charge in [0, 0.05) is 22.9 Å². The summed E-state index contributed by atoms with van der Waals surface area (Å²) in [5.41, 5.74) is 10.2. The highest BCUT2D eigenvalue weighted by atomic mass is 32.2. The number of halogens is 3. The number of nitrogens with zero attached hydrogens (tertiary/aromatic N) is 3. The molecule has 0 fully saturated rings. The van der Waals surface area contributed by atoms with Gasteiger partial charge >= 0.3 is 6.18 Å². The first-order valence-corrected chi connectivity index (χ1v) is 13.2. The number of hydrazine groups is 1. The Morgan fingerprint density at radius 3 is 2.29 bits per heavy atom. The van der Waals surface area contributed by atoms with Gasteiger partial charge in [0.1, 0.15) is 5.82 Å². The van der Waals surface area contributed by atoms with Gasteiger partial charge in [-0.25, -0.2) is 10.8 Å². The van der Waals surface area contributed by atoms with Crippen LogP contribution in [0.1, 0.15) is 42.4 Å². The lowest BCUT2D eigenvalue weighted by Gasteiger charge is -2.26. The Morgan fingerprint density at radius 1 is 1.03 bits per heavy atom. The number of rotatable bonds is 7. The van der Waals surface area contributed by atoms with Crippen molar-refractivity contribution < 1.29 is 13.2 Å². The lowest BCUT2D eigenvalue weighted by Crippen LogP contribution is -2.31. The van der Waals surface area contributed by atoms with Crippen LogP contribution in [0, 0.1) is 6.92 Å². The topological polar surface area (TPSA) is 73.1 Å². The zero-order chi connectivity index (χ0) is 27.6. The molecule has 0 atom stereocenters. The van der Waals surface area contributed by atoms with E-state index in [-0.39, 0.29) is 5.82 Å². The van der Waals surface area contributed by atoms with Crippen LogP contribution in [-0.4, -0.2) is 15.8 Å². The maximum Gasteiger partial charge on any atom is 0.434 e. The highest BCUT2D eigenvalue weighted by molar-refractivity contribution is 7.98. The number of benzene rings is 3. The van der Waals surface area contributed by atoms with Crippen molar-refractivity contribution in [2.24, 2.45) is 11.6 Å². The molecule has 198 valence electrons. The van der Waals surface area contributed by atoms with E-state index in [0.717, 1.165) is 27.8 Å². The Balaban J connectivity index is 1.88. The van der Waals surface area contributed by atoms with Gasteiger partial charge in [-0.2, -0.15) is 13.2 Å². The average molecular weight is 538 g/mol. The molecule has 1 aromatic heterocycles. The molecule has 9 heteroatoms. The van der Waals surface area contributed by atoms with Gasteiger partial charge in [-0.05, 0) is 60.1 Å². The minimum atomic E-state index is -4.57. The van der Waals surface area contributed by atoms with Crippen molar-refractivity contribution in [2.75, 3.05) is 11.3 Å². The molecule has 0 aliphatic heterocycles. The highest BCUT2D eigenvalue weighted by Crippen LogP contribution is 2.36. The number of aromatic nitrogens is 2. The molecule has 4 aromatic rings. The van der Waals surface area contributed by atoms with Gasteiger partial charge in [0.25, 0.3) is 0 Å². The fraction of sp³-hybridized carbons (Fsp3) is 0.207. The molecule has 38 heavy (non-hydrogen) atoms. The molecule has 0 aliphatic carbocycles. The number of imidazole rings is 1. The molecule has 1 heterocycles. The Bertz CT molecular complexity index is 1460. The quantitative estimate of drug-likeness (QED) is 0.147. The molecular weight excluding hydrogens is 507 g/mol. The van der Waals surface area contributed by atoms with Crippen LogP contribution in [0.15, 0.2) is 84.0 Å². The number of hydrogen-bond acceptors (Lipinski definition) is 5. The molecule has 0 unspecified atom stereocenters. The van der Waals surface area contributed by atoms with Crippen molar-refractivity contribution in [1.29, 1.82) is 0 Å². The lowest BCUT2D eigenvalue weighted by atomic mass is 10.0. The standard InChI is InChI=1S/C29H30F3N5S/c1-18(2)20-8-10-21(11-9-20)27(16-33)37(34)26-15-23(22-6-5-7-24(14-22)38-4)12-13-25(26)36-17-28(29(30,31)32)35-19(36)3/h5-18H,33-34H2,1-4H3/b27-16-. The summed E-state index contributed by atoms with van der Waals surface area (Å²) in [6, 6.07) is 21.4. The summed E-state index contributed by atoms with van der Waals surface area (Å²) in [4.78, 5) is 4.84. The number of anilines is 1. The largest absolute Gasteiger partial charge is 0.434 e. The maximum atomic E-state index is 13.5. The zero-order valence-electron chi connectivity index (χ0n) is 21.6. The van der Waals surface area contributed by atoms with Gasteiger partial charge < -0.3 is 10.3 Å². The number of aryl methyl sites for hydroxylation is 1. The monoisotopic (exact) mass is 537 g/mol. The second kappa shape index (κ2) is 11.0. The van der Waals surface area contributed by atoms with E-state index in [2.05, 4.69) is 24.9 Å². The maximum absolute atomic E-state index is 13.5. The van der Waals surface area contributed by atoms with Crippen molar-refractivity contribution in [3.05, 3.63) is 102 Å². The van der Waals surface area contributed by atoms with Crippen LogP contribution in [0.4, 0.5) is 18.9 Å². The second-order valence-electron chi connectivity index (χ2n) is 9.18. The SMILES string of the molecule is CSc1cccc(-c2ccc(-n3cc(C(F)(F)F)nc3C)c(N(N)/C(=C\N)c3ccc(C(C)C)cc3)c2)c1. The Labute approximate surface area is 225 Å². The van der Waals surface area contributed by atoms with E-state index in [1.807, 2.05) is 60.9 Å². The van der Waals surface area contributed by atoms with Crippen LogP contribution in [-0.2, 0) is 6.18 Å². The number of nitrogens with two attached hydrogens (primary N) is 2. The van der Waals surface area contributed by atoms with E-state index in [1.165, 1.54) is 28.3 Å². The smallest absolute Gasteiger partial charge is 0.403 e. The lowest BCUT2D eigenvalue weighted by molar-refractivity contribution is -0.141. The molecule has 4 rings (SSSR count). The molecule has 0 radical (unpaired) electrons. The number of alkyl halides is 3. The van der Waals surface area contributed by atoms with Gasteiger partial charge in [0.2, 0.25) is 0 Å². The van der Waals surface area contributed by atoms with Crippen LogP contribution >= 0.6 is 11.8 Å². The third-order valence-corrected chi connectivity index (χ3v) is 7.09. The van der Waals surface area contributed by atoms with Crippen LogP contribution in [0.3, 0.4) is 0 Å². The zero-order valence-corrected chi connectivity index (χ0v) is 22.4. The van der Waals surface area contributed by atoms with Gasteiger partial charge in [0.05, 0.1) is 17.1 Å². The van der Waals surface area contributed by atoms with Gasteiger partial charge in [-0.1, -0.05) is 56.3 Å². The van der Waals surface area contributed by atoms with Crippen LogP contribution < -0.4 is 16.6 Å². The first kappa shape index (κ1) is 27.3. The van der Waals surface area contributed by atoms with Gasteiger partial charge in [-0.15, -0.1) is 11.8 Å². The highest BCUT2D eigenvalue weighted by Gasteiger charge is 2.34. The van der Waals surface area contributed by atoms with Crippen molar-refractivity contribution in [2.45, 2.75) is 37.8 Å². The fourth-order valence-corrected chi connectivity index (χ4v) is 4.70.